The predicted octanol–water partition coefficient (Wildman–Crippen LogP) is 10.4. The van der Waals surface area contributed by atoms with E-state index in [0.29, 0.717) is 76.0 Å². The summed E-state index contributed by atoms with van der Waals surface area (Å²) in [7, 11) is 1.69. The number of carboxylic acids is 1. The van der Waals surface area contributed by atoms with Crippen LogP contribution in [0.15, 0.2) is 37.0 Å². The number of hydrogen-bond acceptors (Lipinski definition) is 21. The Labute approximate surface area is 511 Å². The van der Waals surface area contributed by atoms with E-state index in [2.05, 4.69) is 50.0 Å². The quantitative estimate of drug-likeness (QED) is 0.196. The fourth-order valence-corrected chi connectivity index (χ4v) is 8.70. The smallest absolute Gasteiger partial charge is 0.308 e. The van der Waals surface area contributed by atoms with Crippen molar-refractivity contribution in [2.75, 3.05) is 53.4 Å². The third-order valence-electron chi connectivity index (χ3n) is 14.3. The molecule has 0 saturated carbocycles. The first-order valence-electron chi connectivity index (χ1n) is 30.8. The summed E-state index contributed by atoms with van der Waals surface area (Å²) < 4.78 is 58.2. The summed E-state index contributed by atoms with van der Waals surface area (Å²) >= 11 is 0. The maximum absolute atomic E-state index is 10.9. The number of esters is 7. The molecule has 494 valence electrons. The van der Waals surface area contributed by atoms with Crippen molar-refractivity contribution in [3.63, 3.8) is 0 Å². The zero-order chi connectivity index (χ0) is 64.8. The van der Waals surface area contributed by atoms with Crippen molar-refractivity contribution in [2.45, 2.75) is 234 Å². The third kappa shape index (κ3) is 39.1. The Morgan fingerprint density at radius 1 is 0.488 bits per heavy atom. The van der Waals surface area contributed by atoms with Gasteiger partial charge in [-0.2, -0.15) is 0 Å². The monoisotopic (exact) mass is 1230 g/mol. The van der Waals surface area contributed by atoms with Crippen LogP contribution in [0, 0.1) is 35.5 Å². The molecule has 0 radical (unpaired) electrons. The van der Waals surface area contributed by atoms with Crippen molar-refractivity contribution < 1.29 is 105 Å². The zero-order valence-corrected chi connectivity index (χ0v) is 53.6. The third-order valence-corrected chi connectivity index (χ3v) is 14.3. The fourth-order valence-electron chi connectivity index (χ4n) is 8.70. The molecule has 86 heavy (non-hydrogen) atoms. The highest BCUT2D eigenvalue weighted by molar-refractivity contribution is 5.75. The molecule has 0 amide bonds. The van der Waals surface area contributed by atoms with Gasteiger partial charge >= 0.3 is 47.8 Å². The number of carbonyl (C=O) groups is 8. The van der Waals surface area contributed by atoms with Crippen LogP contribution in [0.2, 0.25) is 0 Å². The number of aliphatic carboxylic acids is 1. The number of methoxy groups -OCH3 is 1. The number of cyclic esters (lactones) is 7. The SMILES string of the molecule is C=C1CC(C)O1.C=C1CCC(C)CO1.C=C1OCC1C.CC1CC(O)(CC(=O)O)CC(=O)O1.CC1CCC(=O)O1.CC1CCCC(=O)O1.CC1CCCOC1=O.CC1CCOC(=O)C1.CC1CCOC1=O.CC1COC(=O)C1.COC1CCCCO1. The van der Waals surface area contributed by atoms with Crippen molar-refractivity contribution in [2.24, 2.45) is 35.5 Å². The lowest BCUT2D eigenvalue weighted by Gasteiger charge is -2.33. The molecule has 22 nitrogen and oxygen atoms in total. The molecule has 0 bridgehead atoms. The first-order chi connectivity index (χ1) is 40.5. The van der Waals surface area contributed by atoms with Gasteiger partial charge in [-0.3, -0.25) is 38.4 Å². The molecule has 11 saturated heterocycles. The summed E-state index contributed by atoms with van der Waals surface area (Å²) in [6, 6.07) is 0. The summed E-state index contributed by atoms with van der Waals surface area (Å²) in [6.07, 6.45) is 16.2. The van der Waals surface area contributed by atoms with Crippen LogP contribution in [0.5, 0.6) is 0 Å². The van der Waals surface area contributed by atoms with Gasteiger partial charge in [0.2, 0.25) is 0 Å². The van der Waals surface area contributed by atoms with Crippen LogP contribution in [0.25, 0.3) is 0 Å². The molecule has 12 atom stereocenters. The van der Waals surface area contributed by atoms with Crippen LogP contribution in [0.4, 0.5) is 0 Å². The molecular weight excluding hydrogens is 1120 g/mol. The number of ether oxygens (including phenoxy) is 12. The van der Waals surface area contributed by atoms with Gasteiger partial charge in [0.1, 0.15) is 12.2 Å². The largest absolute Gasteiger partial charge is 0.498 e. The molecule has 11 rings (SSSR count). The highest BCUT2D eigenvalue weighted by Gasteiger charge is 2.40. The Kier molecular flexibility index (Phi) is 39.9. The number of carbonyl (C=O) groups excluding carboxylic acids is 7. The van der Waals surface area contributed by atoms with E-state index in [1.165, 1.54) is 19.3 Å². The van der Waals surface area contributed by atoms with Crippen LogP contribution < -0.4 is 0 Å². The van der Waals surface area contributed by atoms with Crippen LogP contribution in [-0.4, -0.2) is 148 Å². The highest BCUT2D eigenvalue weighted by Crippen LogP contribution is 2.29. The number of aliphatic hydroxyl groups is 1. The number of hydrogen-bond donors (Lipinski definition) is 2. The molecular formula is C64H106O22. The number of allylic oxidation sites excluding steroid dienone is 1. The summed E-state index contributed by atoms with van der Waals surface area (Å²) in [5, 5.41) is 18.2. The van der Waals surface area contributed by atoms with Crippen LogP contribution in [0.1, 0.15) is 198 Å². The lowest BCUT2D eigenvalue weighted by molar-refractivity contribution is -0.172. The Bertz CT molecular complexity index is 2010. The fraction of sp³-hybridized carbons (Fsp3) is 0.781. The van der Waals surface area contributed by atoms with Crippen molar-refractivity contribution in [3.8, 4) is 0 Å². The minimum Gasteiger partial charge on any atom is -0.498 e. The van der Waals surface area contributed by atoms with E-state index in [9.17, 15) is 43.5 Å². The molecule has 0 aliphatic carbocycles. The van der Waals surface area contributed by atoms with E-state index < -0.39 is 30.1 Å². The molecule has 0 spiro atoms. The van der Waals surface area contributed by atoms with Crippen molar-refractivity contribution in [3.05, 3.63) is 37.0 Å². The predicted molar refractivity (Wildman–Crippen MR) is 317 cm³/mol. The Balaban J connectivity index is 0.000000476. The first-order valence-corrected chi connectivity index (χ1v) is 30.8. The number of rotatable bonds is 3. The zero-order valence-electron chi connectivity index (χ0n) is 53.6. The second kappa shape index (κ2) is 43.8. The summed E-state index contributed by atoms with van der Waals surface area (Å²) in [4.78, 5) is 83.6. The van der Waals surface area contributed by atoms with E-state index in [-0.39, 0.29) is 79.0 Å². The van der Waals surface area contributed by atoms with Crippen molar-refractivity contribution in [1.29, 1.82) is 0 Å². The summed E-state index contributed by atoms with van der Waals surface area (Å²) in [6.45, 7) is 35.7. The van der Waals surface area contributed by atoms with Gasteiger partial charge in [0.15, 0.2) is 6.29 Å². The summed E-state index contributed by atoms with van der Waals surface area (Å²) in [5.41, 5.74) is -1.43. The number of carboxylic acid groups (broad SMARTS) is 1. The lowest BCUT2D eigenvalue weighted by atomic mass is 9.87. The van der Waals surface area contributed by atoms with Gasteiger partial charge in [0.05, 0.1) is 106 Å². The van der Waals surface area contributed by atoms with Gasteiger partial charge in [-0.25, -0.2) is 0 Å². The normalized spacial score (nSPS) is 30.8. The van der Waals surface area contributed by atoms with E-state index in [1.807, 2.05) is 41.5 Å². The molecule has 11 fully saturated rings. The maximum atomic E-state index is 10.9. The molecule has 0 aromatic heterocycles. The van der Waals surface area contributed by atoms with Gasteiger partial charge in [-0.15, -0.1) is 0 Å². The Morgan fingerprint density at radius 3 is 1.34 bits per heavy atom. The minimum absolute atomic E-state index is 0.0312. The maximum Gasteiger partial charge on any atom is 0.308 e. The van der Waals surface area contributed by atoms with E-state index in [0.717, 1.165) is 107 Å². The van der Waals surface area contributed by atoms with Crippen LogP contribution >= 0.6 is 0 Å². The second-order valence-corrected chi connectivity index (χ2v) is 23.8. The van der Waals surface area contributed by atoms with Gasteiger partial charge in [-0.05, 0) is 110 Å². The van der Waals surface area contributed by atoms with E-state index in [4.69, 9.17) is 52.5 Å². The van der Waals surface area contributed by atoms with Crippen LogP contribution in [-0.2, 0) is 95.2 Å². The van der Waals surface area contributed by atoms with Gasteiger partial charge in [0, 0.05) is 64.1 Å². The standard InChI is InChI=1S/C8H12O5.C7H12O.C6H10O2.C6H12O2.2C6H10O2.3C5H8O2.2C5H8O/c1-5-2-8(12,3-6(9)10)4-7(11)13-5;1-6-3-4-7(2)8-5-6;1-5-2-3-8-6(7)4-5;1-7-6-4-2-3-5-8-6;1-5-3-2-4-8-6(5)7;1-5-3-2-4-6(7)8-5;1-4-2-5(6)7-3-4;1-4-2-3-7-5(4)6;1-4-2-3-5(6)7-4;1-4-3-6-5(4)2;1-4-3-5(2)6-4/h5,12H,2-4H2,1H3,(H,9,10);6H,2-5H2,1H3;5H,2-4H2,1H3;6H,2-5H2,1H3;2*5H,2-4H2,1H3;3*4H,2-3H2,1H3;4H,2-3H2,1H3;5H,1,3H2,2H3. The van der Waals surface area contributed by atoms with Gasteiger partial charge in [0.25, 0.3) is 0 Å². The average molecular weight is 1230 g/mol. The van der Waals surface area contributed by atoms with Crippen LogP contribution in [0.3, 0.4) is 0 Å². The second-order valence-electron chi connectivity index (χ2n) is 23.8. The Morgan fingerprint density at radius 2 is 1.06 bits per heavy atom. The topological polar surface area (TPSA) is 288 Å². The van der Waals surface area contributed by atoms with E-state index >= 15 is 0 Å². The molecule has 11 heterocycles. The molecule has 0 aromatic carbocycles. The minimum atomic E-state index is -1.43. The van der Waals surface area contributed by atoms with Crippen molar-refractivity contribution in [1.82, 2.24) is 0 Å². The summed E-state index contributed by atoms with van der Waals surface area (Å²) in [5.74, 6) is 3.58. The molecule has 11 aliphatic rings. The van der Waals surface area contributed by atoms with E-state index in [1.54, 1.807) is 14.0 Å². The molecule has 22 heteroatoms. The highest BCUT2D eigenvalue weighted by atomic mass is 16.7. The Hall–Kier alpha value is -5.74. The van der Waals surface area contributed by atoms with Gasteiger partial charge < -0.3 is 67.1 Å². The van der Waals surface area contributed by atoms with Gasteiger partial charge in [-0.1, -0.05) is 61.3 Å². The first kappa shape index (κ1) is 78.3. The van der Waals surface area contributed by atoms with Crippen molar-refractivity contribution >= 4 is 47.8 Å². The molecule has 12 unspecified atom stereocenters. The molecule has 2 N–H and O–H groups in total. The molecule has 11 aliphatic heterocycles. The lowest BCUT2D eigenvalue weighted by Crippen LogP contribution is -2.43. The molecule has 0 aromatic rings. The average Bonchev–Trinajstić information content (AvgIpc) is 3.47.